The topological polar surface area (TPSA) is 113 Å². The average molecular weight is 489 g/mol. The SMILES string of the molecule is N=C(Cc1cc2c(cc1N1CCOCC1)C(=O)N(C[C@H]1CCOC1)C2)C(=O)c1cnn2cccnc12. The molecule has 1 amide bonds. The predicted molar refractivity (Wildman–Crippen MR) is 132 cm³/mol. The summed E-state index contributed by atoms with van der Waals surface area (Å²) in [6.45, 7) is 5.27. The molecular formula is C26H28N6O4. The van der Waals surface area contributed by atoms with Crippen LogP contribution in [0.15, 0.2) is 36.8 Å². The molecule has 10 nitrogen and oxygen atoms in total. The van der Waals surface area contributed by atoms with Crippen molar-refractivity contribution in [2.45, 2.75) is 19.4 Å². The Hall–Kier alpha value is -3.63. The molecule has 0 saturated carbocycles. The van der Waals surface area contributed by atoms with Crippen LogP contribution in [0, 0.1) is 11.3 Å². The number of hydrogen-bond acceptors (Lipinski definition) is 8. The highest BCUT2D eigenvalue weighted by molar-refractivity contribution is 6.46. The molecular weight excluding hydrogens is 460 g/mol. The van der Waals surface area contributed by atoms with Gasteiger partial charge in [-0.05, 0) is 29.7 Å². The summed E-state index contributed by atoms with van der Waals surface area (Å²) in [5.41, 5.74) is 4.15. The Morgan fingerprint density at radius 1 is 1.17 bits per heavy atom. The van der Waals surface area contributed by atoms with Gasteiger partial charge in [0.2, 0.25) is 5.78 Å². The van der Waals surface area contributed by atoms with Crippen LogP contribution >= 0.6 is 0 Å². The minimum absolute atomic E-state index is 0.0331. The van der Waals surface area contributed by atoms with Crippen LogP contribution in [0.2, 0.25) is 0 Å². The summed E-state index contributed by atoms with van der Waals surface area (Å²) in [6.07, 6.45) is 5.93. The number of nitrogens with zero attached hydrogens (tertiary/aromatic N) is 5. The van der Waals surface area contributed by atoms with E-state index in [4.69, 9.17) is 14.9 Å². The van der Waals surface area contributed by atoms with Crippen molar-refractivity contribution in [3.8, 4) is 0 Å². The van der Waals surface area contributed by atoms with E-state index < -0.39 is 5.78 Å². The molecule has 2 fully saturated rings. The summed E-state index contributed by atoms with van der Waals surface area (Å²) in [5.74, 6) is 0.0179. The number of anilines is 1. The van der Waals surface area contributed by atoms with Gasteiger partial charge in [0.25, 0.3) is 5.91 Å². The summed E-state index contributed by atoms with van der Waals surface area (Å²) in [5, 5.41) is 12.9. The molecule has 5 heterocycles. The number of ether oxygens (including phenoxy) is 2. The van der Waals surface area contributed by atoms with E-state index in [-0.39, 0.29) is 18.0 Å². The monoisotopic (exact) mass is 488 g/mol. The van der Waals surface area contributed by atoms with Crippen LogP contribution in [-0.4, -0.2) is 83.0 Å². The summed E-state index contributed by atoms with van der Waals surface area (Å²) in [6, 6.07) is 5.71. The lowest BCUT2D eigenvalue weighted by atomic mass is 9.96. The molecule has 1 aromatic carbocycles. The Bertz CT molecular complexity index is 1340. The second-order valence-electron chi connectivity index (χ2n) is 9.58. The van der Waals surface area contributed by atoms with Gasteiger partial charge in [-0.1, -0.05) is 6.07 Å². The van der Waals surface area contributed by atoms with Gasteiger partial charge in [0.05, 0.1) is 37.3 Å². The molecule has 3 aliphatic heterocycles. The number of amides is 1. The van der Waals surface area contributed by atoms with E-state index in [1.807, 2.05) is 17.0 Å². The van der Waals surface area contributed by atoms with Crippen molar-refractivity contribution in [3.05, 3.63) is 59.0 Å². The minimum Gasteiger partial charge on any atom is -0.381 e. The van der Waals surface area contributed by atoms with E-state index >= 15 is 0 Å². The van der Waals surface area contributed by atoms with Crippen molar-refractivity contribution in [1.29, 1.82) is 5.41 Å². The van der Waals surface area contributed by atoms with E-state index in [0.717, 1.165) is 29.8 Å². The van der Waals surface area contributed by atoms with Gasteiger partial charge in [-0.25, -0.2) is 9.50 Å². The van der Waals surface area contributed by atoms with Crippen LogP contribution in [0.5, 0.6) is 0 Å². The van der Waals surface area contributed by atoms with Gasteiger partial charge < -0.3 is 24.7 Å². The molecule has 2 saturated heterocycles. The number of fused-ring (bicyclic) bond motifs is 2. The number of benzene rings is 1. The molecule has 2 aromatic heterocycles. The molecule has 1 atom stereocenters. The van der Waals surface area contributed by atoms with E-state index in [1.165, 1.54) is 10.7 Å². The molecule has 0 radical (unpaired) electrons. The Labute approximate surface area is 208 Å². The average Bonchev–Trinajstić information content (AvgIpc) is 3.64. The molecule has 1 N–H and O–H groups in total. The number of rotatable bonds is 7. The highest BCUT2D eigenvalue weighted by Gasteiger charge is 2.33. The van der Waals surface area contributed by atoms with Crippen molar-refractivity contribution in [3.63, 3.8) is 0 Å². The van der Waals surface area contributed by atoms with Gasteiger partial charge in [-0.3, -0.25) is 9.59 Å². The molecule has 186 valence electrons. The van der Waals surface area contributed by atoms with Crippen LogP contribution in [0.3, 0.4) is 0 Å². The first kappa shape index (κ1) is 22.8. The second kappa shape index (κ2) is 9.44. The van der Waals surface area contributed by atoms with Crippen molar-refractivity contribution in [2.24, 2.45) is 5.92 Å². The fraction of sp³-hybridized carbons (Fsp3) is 0.423. The highest BCUT2D eigenvalue weighted by Crippen LogP contribution is 2.33. The van der Waals surface area contributed by atoms with Crippen molar-refractivity contribution < 1.29 is 19.1 Å². The Kier molecular flexibility index (Phi) is 5.98. The van der Waals surface area contributed by atoms with Crippen molar-refractivity contribution >= 4 is 28.7 Å². The number of morpholine rings is 1. The molecule has 3 aliphatic rings. The predicted octanol–water partition coefficient (Wildman–Crippen LogP) is 2.00. The van der Waals surface area contributed by atoms with E-state index in [0.29, 0.717) is 68.7 Å². The van der Waals surface area contributed by atoms with Gasteiger partial charge in [-0.2, -0.15) is 5.10 Å². The first-order valence-electron chi connectivity index (χ1n) is 12.3. The molecule has 0 unspecified atom stereocenters. The van der Waals surface area contributed by atoms with Crippen LogP contribution < -0.4 is 4.90 Å². The van der Waals surface area contributed by atoms with Gasteiger partial charge in [0.15, 0.2) is 5.65 Å². The quantitative estimate of drug-likeness (QED) is 0.400. The van der Waals surface area contributed by atoms with Crippen LogP contribution in [0.25, 0.3) is 5.65 Å². The maximum atomic E-state index is 13.3. The molecule has 6 rings (SSSR count). The fourth-order valence-electron chi connectivity index (χ4n) is 5.31. The molecule has 36 heavy (non-hydrogen) atoms. The molecule has 10 heteroatoms. The van der Waals surface area contributed by atoms with Crippen LogP contribution in [0.4, 0.5) is 5.69 Å². The van der Waals surface area contributed by atoms with Crippen LogP contribution in [-0.2, 0) is 22.4 Å². The first-order valence-corrected chi connectivity index (χ1v) is 12.3. The summed E-state index contributed by atoms with van der Waals surface area (Å²) >= 11 is 0. The highest BCUT2D eigenvalue weighted by atomic mass is 16.5. The first-order chi connectivity index (χ1) is 17.6. The zero-order valence-corrected chi connectivity index (χ0v) is 20.0. The molecule has 0 aliphatic carbocycles. The lowest BCUT2D eigenvalue weighted by Crippen LogP contribution is -2.37. The zero-order chi connectivity index (χ0) is 24.6. The number of aromatic nitrogens is 3. The lowest BCUT2D eigenvalue weighted by Gasteiger charge is -2.31. The smallest absolute Gasteiger partial charge is 0.254 e. The normalized spacial score (nSPS) is 19.8. The number of carbonyl (C=O) groups excluding carboxylic acids is 2. The number of hydrogen-bond donors (Lipinski definition) is 1. The van der Waals surface area contributed by atoms with Crippen LogP contribution in [0.1, 0.15) is 38.3 Å². The second-order valence-corrected chi connectivity index (χ2v) is 9.58. The third-order valence-electron chi connectivity index (χ3n) is 7.20. The van der Waals surface area contributed by atoms with E-state index in [1.54, 1.807) is 18.5 Å². The largest absolute Gasteiger partial charge is 0.381 e. The number of carbonyl (C=O) groups is 2. The Morgan fingerprint density at radius 3 is 2.83 bits per heavy atom. The minimum atomic E-state index is -0.393. The lowest BCUT2D eigenvalue weighted by molar-refractivity contribution is 0.0744. The maximum absolute atomic E-state index is 13.3. The third-order valence-corrected chi connectivity index (χ3v) is 7.20. The zero-order valence-electron chi connectivity index (χ0n) is 20.0. The summed E-state index contributed by atoms with van der Waals surface area (Å²) < 4.78 is 12.6. The van der Waals surface area contributed by atoms with E-state index in [9.17, 15) is 9.59 Å². The molecule has 0 bridgehead atoms. The van der Waals surface area contributed by atoms with E-state index in [2.05, 4.69) is 15.0 Å². The van der Waals surface area contributed by atoms with Gasteiger partial charge in [-0.15, -0.1) is 0 Å². The number of ketones is 1. The maximum Gasteiger partial charge on any atom is 0.254 e. The molecule has 0 spiro atoms. The van der Waals surface area contributed by atoms with Gasteiger partial charge in [0, 0.05) is 68.8 Å². The number of Topliss-reactive ketones (excluding diaryl/α,β-unsaturated/α-hetero) is 1. The third kappa shape index (κ3) is 4.16. The Morgan fingerprint density at radius 2 is 2.03 bits per heavy atom. The standard InChI is InChI=1S/C26H28N6O4/c27-22(24(33)21-13-29-32-4-1-3-28-25(21)32)11-18-10-19-15-31(14-17-2-7-36-16-17)26(34)20(19)12-23(18)30-5-8-35-9-6-30/h1,3-4,10,12-13,17,27H,2,5-9,11,14-16H2/t17-/m1/s1. The fourth-order valence-corrected chi connectivity index (χ4v) is 5.31. The molecule has 3 aromatic rings. The van der Waals surface area contributed by atoms with Crippen molar-refractivity contribution in [2.75, 3.05) is 51.0 Å². The van der Waals surface area contributed by atoms with Gasteiger partial charge >= 0.3 is 0 Å². The summed E-state index contributed by atoms with van der Waals surface area (Å²) in [7, 11) is 0. The summed E-state index contributed by atoms with van der Waals surface area (Å²) in [4.78, 5) is 34.8. The van der Waals surface area contributed by atoms with Gasteiger partial charge in [0.1, 0.15) is 0 Å². The number of nitrogens with one attached hydrogen (secondary N) is 1. The Balaban J connectivity index is 1.29. The van der Waals surface area contributed by atoms with Crippen molar-refractivity contribution in [1.82, 2.24) is 19.5 Å².